The van der Waals surface area contributed by atoms with E-state index in [2.05, 4.69) is 63.6 Å². The van der Waals surface area contributed by atoms with Gasteiger partial charge in [-0.1, -0.05) is 30.3 Å². The van der Waals surface area contributed by atoms with Gasteiger partial charge in [0.25, 0.3) is 0 Å². The largest absolute Gasteiger partial charge is 0.298 e. The van der Waals surface area contributed by atoms with Crippen LogP contribution in [0.2, 0.25) is 0 Å². The monoisotopic (exact) mass is 306 g/mol. The van der Waals surface area contributed by atoms with E-state index in [1.165, 1.54) is 16.5 Å². The summed E-state index contributed by atoms with van der Waals surface area (Å²) >= 11 is 0. The Morgan fingerprint density at radius 2 is 1.40 bits per heavy atom. The number of rotatable bonds is 1. The number of benzene rings is 2. The molecule has 0 atom stereocenters. The molecule has 0 aliphatic heterocycles. The maximum atomic E-state index is 2.20. The summed E-state index contributed by atoms with van der Waals surface area (Å²) in [5.41, 5.74) is 1.36. The van der Waals surface area contributed by atoms with Gasteiger partial charge in [-0.3, -0.25) is 4.48 Å². The molecule has 0 amide bonds. The molecule has 0 heterocycles. The van der Waals surface area contributed by atoms with Gasteiger partial charge in [-0.25, -0.2) is 0 Å². The Kier molecular flexibility index (Phi) is 3.79. The fourth-order valence-corrected chi connectivity index (χ4v) is 1.79. The van der Waals surface area contributed by atoms with Crippen molar-refractivity contribution in [2.24, 2.45) is 0 Å². The predicted molar refractivity (Wildman–Crippen MR) is 69.3 cm³/mol. The maximum Gasteiger partial charge on any atom is 0.140 e. The van der Waals surface area contributed by atoms with Gasteiger partial charge in [-0.05, 0) is 17.5 Å². The minimum absolute atomic E-state index is 0. The Hall–Kier alpha value is -0.541. The van der Waals surface area contributed by atoms with Crippen LogP contribution in [-0.4, -0.2) is 45.1 Å². The second kappa shape index (κ2) is 4.54. The van der Waals surface area contributed by atoms with E-state index in [1.54, 1.807) is 0 Å². The summed E-state index contributed by atoms with van der Waals surface area (Å²) in [6.07, 6.45) is 0. The van der Waals surface area contributed by atoms with Gasteiger partial charge in [-0.2, -0.15) is 0 Å². The van der Waals surface area contributed by atoms with Crippen molar-refractivity contribution in [3.05, 3.63) is 42.5 Å². The summed E-state index contributed by atoms with van der Waals surface area (Å²) in [6, 6.07) is 15.0. The van der Waals surface area contributed by atoms with E-state index in [9.17, 15) is 0 Å². The van der Waals surface area contributed by atoms with Crippen LogP contribution in [-0.2, 0) is 0 Å². The van der Waals surface area contributed by atoms with Crippen LogP contribution in [0.1, 0.15) is 0 Å². The van der Waals surface area contributed by atoms with E-state index in [1.807, 2.05) is 0 Å². The molecule has 2 aromatic carbocycles. The van der Waals surface area contributed by atoms with Crippen LogP contribution < -0.4 is 4.48 Å². The van der Waals surface area contributed by atoms with Crippen LogP contribution in [0.5, 0.6) is 0 Å². The molecule has 2 rings (SSSR count). The first kappa shape index (κ1) is 12.5. The molecule has 0 aromatic heterocycles. The summed E-state index contributed by atoms with van der Waals surface area (Å²) in [6.45, 7) is 0. The minimum Gasteiger partial charge on any atom is -0.298 e. The topological polar surface area (TPSA) is 0 Å². The van der Waals surface area contributed by atoms with Gasteiger partial charge >= 0.3 is 0 Å². The van der Waals surface area contributed by atoms with Gasteiger partial charge in [0.2, 0.25) is 0 Å². The second-order valence-electron chi connectivity index (χ2n) is 4.51. The average molecular weight is 305 g/mol. The maximum absolute atomic E-state index is 2.20. The molecule has 4 radical (unpaired) electrons. The predicted octanol–water partition coefficient (Wildman–Crippen LogP) is 2.66. The van der Waals surface area contributed by atoms with E-state index in [0.717, 1.165) is 4.48 Å². The fourth-order valence-electron chi connectivity index (χ4n) is 1.79. The van der Waals surface area contributed by atoms with Gasteiger partial charge in [0.1, 0.15) is 5.69 Å². The molecular formula is C13H16NSn+. The molecule has 2 heteroatoms. The van der Waals surface area contributed by atoms with Crippen molar-refractivity contribution in [3.63, 3.8) is 0 Å². The molecule has 0 bridgehead atoms. The van der Waals surface area contributed by atoms with Crippen LogP contribution in [0, 0.1) is 0 Å². The molecular weight excluding hydrogens is 289 g/mol. The number of nitrogens with zero attached hydrogens (tertiary/aromatic N) is 1. The zero-order valence-electron chi connectivity index (χ0n) is 9.49. The van der Waals surface area contributed by atoms with Crippen LogP contribution in [0.15, 0.2) is 42.5 Å². The summed E-state index contributed by atoms with van der Waals surface area (Å²) in [5.74, 6) is 0. The summed E-state index contributed by atoms with van der Waals surface area (Å²) < 4.78 is 0.862. The number of fused-ring (bicyclic) bond motifs is 1. The van der Waals surface area contributed by atoms with Crippen molar-refractivity contribution in [2.45, 2.75) is 0 Å². The van der Waals surface area contributed by atoms with Gasteiger partial charge in [0.15, 0.2) is 0 Å². The molecule has 0 aliphatic carbocycles. The molecule has 76 valence electrons. The molecule has 0 fully saturated rings. The van der Waals surface area contributed by atoms with Crippen LogP contribution in [0.25, 0.3) is 10.8 Å². The van der Waals surface area contributed by atoms with Crippen molar-refractivity contribution in [3.8, 4) is 0 Å². The zero-order valence-corrected chi connectivity index (χ0v) is 12.3. The number of hydrogen-bond acceptors (Lipinski definition) is 0. The fraction of sp³-hybridized carbons (Fsp3) is 0.231. The van der Waals surface area contributed by atoms with Crippen LogP contribution in [0.4, 0.5) is 5.69 Å². The van der Waals surface area contributed by atoms with E-state index in [-0.39, 0.29) is 23.9 Å². The first-order chi connectivity index (χ1) is 6.59. The Balaban J connectivity index is 0.00000112. The van der Waals surface area contributed by atoms with Crippen molar-refractivity contribution >= 4 is 40.4 Å². The first-order valence-corrected chi connectivity index (χ1v) is 4.89. The van der Waals surface area contributed by atoms with Gasteiger partial charge in [0.05, 0.1) is 21.1 Å². The van der Waals surface area contributed by atoms with E-state index >= 15 is 0 Å². The first-order valence-electron chi connectivity index (χ1n) is 4.89. The van der Waals surface area contributed by atoms with Crippen molar-refractivity contribution in [2.75, 3.05) is 21.1 Å². The SMILES string of the molecule is C[N+](C)(C)c1cccc2ccccc12.[Sn]. The standard InChI is InChI=1S/C13H16N.Sn/c1-14(2,3)13-10-6-8-11-7-4-5-9-12(11)13;/h4-10H,1-3H3;/q+1;. The van der Waals surface area contributed by atoms with Crippen LogP contribution in [0.3, 0.4) is 0 Å². The van der Waals surface area contributed by atoms with E-state index < -0.39 is 0 Å². The molecule has 15 heavy (non-hydrogen) atoms. The van der Waals surface area contributed by atoms with E-state index in [4.69, 9.17) is 0 Å². The van der Waals surface area contributed by atoms with Gasteiger partial charge in [0, 0.05) is 29.3 Å². The summed E-state index contributed by atoms with van der Waals surface area (Å²) in [5, 5.41) is 2.67. The third-order valence-corrected chi connectivity index (χ3v) is 2.49. The smallest absolute Gasteiger partial charge is 0.140 e. The normalized spacial score (nSPS) is 11.1. The molecule has 1 nitrogen and oxygen atoms in total. The molecule has 0 saturated heterocycles. The van der Waals surface area contributed by atoms with Crippen molar-refractivity contribution in [1.29, 1.82) is 0 Å². The molecule has 0 N–H and O–H groups in total. The van der Waals surface area contributed by atoms with Gasteiger partial charge in [-0.15, -0.1) is 0 Å². The Labute approximate surface area is 108 Å². The average Bonchev–Trinajstić information content (AvgIpc) is 2.15. The quantitative estimate of drug-likeness (QED) is 0.561. The zero-order chi connectivity index (χ0) is 10.2. The van der Waals surface area contributed by atoms with Crippen molar-refractivity contribution in [1.82, 2.24) is 4.48 Å². The Morgan fingerprint density at radius 1 is 0.800 bits per heavy atom. The third kappa shape index (κ3) is 2.52. The molecule has 0 aliphatic rings. The summed E-state index contributed by atoms with van der Waals surface area (Å²) in [7, 11) is 6.59. The summed E-state index contributed by atoms with van der Waals surface area (Å²) in [4.78, 5) is 0. The van der Waals surface area contributed by atoms with Crippen LogP contribution >= 0.6 is 0 Å². The molecule has 0 spiro atoms. The molecule has 0 saturated carbocycles. The van der Waals surface area contributed by atoms with E-state index in [0.29, 0.717) is 0 Å². The molecule has 2 aromatic rings. The minimum atomic E-state index is 0. The third-order valence-electron chi connectivity index (χ3n) is 2.49. The Bertz CT molecular complexity index is 452. The van der Waals surface area contributed by atoms with Crippen molar-refractivity contribution < 1.29 is 0 Å². The van der Waals surface area contributed by atoms with Gasteiger partial charge < -0.3 is 0 Å². The number of hydrogen-bond donors (Lipinski definition) is 0. The molecule has 0 unspecified atom stereocenters. The second-order valence-corrected chi connectivity index (χ2v) is 4.51. The number of quaternary nitrogens is 1. The Morgan fingerprint density at radius 3 is 2.07 bits per heavy atom.